The maximum absolute atomic E-state index is 13.0. The Hall–Kier alpha value is -4.06. The summed E-state index contributed by atoms with van der Waals surface area (Å²) in [6.45, 7) is 4.48. The first kappa shape index (κ1) is 28.5. The minimum Gasteiger partial charge on any atom is -0.496 e. The van der Waals surface area contributed by atoms with E-state index in [1.807, 2.05) is 117 Å². The van der Waals surface area contributed by atoms with Crippen molar-refractivity contribution >= 4 is 11.6 Å². The summed E-state index contributed by atoms with van der Waals surface area (Å²) < 4.78 is 16.8. The van der Waals surface area contributed by atoms with Crippen molar-refractivity contribution in [1.82, 2.24) is 0 Å². The average Bonchev–Trinajstić information content (AvgIpc) is 2.98. The summed E-state index contributed by atoms with van der Waals surface area (Å²) in [6, 6.07) is 35.4. The monoisotopic (exact) mass is 510 g/mol. The molecule has 0 N–H and O–H groups in total. The average molecular weight is 511 g/mol. The molecule has 0 saturated carbocycles. The van der Waals surface area contributed by atoms with E-state index in [2.05, 4.69) is 0 Å². The number of Topliss-reactive ketones (excluding diaryl/α,β-unsaturated/α-hetero) is 2. The first-order chi connectivity index (χ1) is 18.6. The summed E-state index contributed by atoms with van der Waals surface area (Å²) in [6.07, 6.45) is 0.369. The first-order valence-electron chi connectivity index (χ1n) is 12.7. The molecule has 0 aliphatic heterocycles. The fourth-order valence-corrected chi connectivity index (χ4v) is 4.06. The van der Waals surface area contributed by atoms with Crippen LogP contribution in [0.3, 0.4) is 0 Å². The Labute approximate surface area is 225 Å². The molecule has 0 atom stereocenters. The lowest BCUT2D eigenvalue weighted by molar-refractivity contribution is -0.204. The number of benzene rings is 4. The lowest BCUT2D eigenvalue weighted by Crippen LogP contribution is -2.42. The Bertz CT molecular complexity index is 1260. The molecule has 0 radical (unpaired) electrons. The Morgan fingerprint density at radius 2 is 1.11 bits per heavy atom. The van der Waals surface area contributed by atoms with Gasteiger partial charge < -0.3 is 14.2 Å². The van der Waals surface area contributed by atoms with Gasteiger partial charge in [0.25, 0.3) is 5.79 Å². The Morgan fingerprint density at radius 3 is 1.63 bits per heavy atom. The summed E-state index contributed by atoms with van der Waals surface area (Å²) in [4.78, 5) is 25.0. The molecule has 0 aliphatic carbocycles. The van der Waals surface area contributed by atoms with Crippen molar-refractivity contribution in [2.24, 2.45) is 0 Å². The van der Waals surface area contributed by atoms with Gasteiger partial charge in [0, 0.05) is 41.9 Å². The van der Waals surface area contributed by atoms with E-state index in [1.54, 1.807) is 19.2 Å². The maximum atomic E-state index is 13.0. The number of ether oxygens (including phenoxy) is 3. The van der Waals surface area contributed by atoms with E-state index in [0.29, 0.717) is 30.8 Å². The summed E-state index contributed by atoms with van der Waals surface area (Å²) in [5.74, 6) is -0.698. The Kier molecular flexibility index (Phi) is 11.0. The zero-order valence-corrected chi connectivity index (χ0v) is 22.1. The molecule has 0 aromatic heterocycles. The third-order valence-corrected chi connectivity index (χ3v) is 5.82. The second kappa shape index (κ2) is 14.6. The largest absolute Gasteiger partial charge is 0.496 e. The van der Waals surface area contributed by atoms with Gasteiger partial charge in [-0.1, -0.05) is 109 Å². The molecule has 5 heteroatoms. The minimum atomic E-state index is -1.38. The van der Waals surface area contributed by atoms with Crippen molar-refractivity contribution in [3.8, 4) is 5.75 Å². The third-order valence-electron chi connectivity index (χ3n) is 5.82. The summed E-state index contributed by atoms with van der Waals surface area (Å²) in [5, 5.41) is 0. The standard InChI is InChI=1S/C18H20O3.C15H14O2/c1-3-20-18(21-4-2,16-13-9-6-10-14-16)17(19)15-11-7-5-8-12-15;1-17-15-10-6-5-9-13(15)11-14(16)12-7-3-2-4-8-12/h5-14H,3-4H2,1-2H3;2-10H,11H2,1H3. The Balaban J connectivity index is 0.000000215. The van der Waals surface area contributed by atoms with Gasteiger partial charge in [-0.2, -0.15) is 0 Å². The van der Waals surface area contributed by atoms with Gasteiger partial charge in [0.1, 0.15) is 5.75 Å². The maximum Gasteiger partial charge on any atom is 0.261 e. The van der Waals surface area contributed by atoms with E-state index >= 15 is 0 Å². The number of para-hydroxylation sites is 1. The van der Waals surface area contributed by atoms with Crippen LogP contribution in [0, 0.1) is 0 Å². The van der Waals surface area contributed by atoms with Crippen molar-refractivity contribution < 1.29 is 23.8 Å². The minimum absolute atomic E-state index is 0.107. The molecule has 0 amide bonds. The SMILES string of the molecule is CCOC(OCC)(C(=O)c1ccccc1)c1ccccc1.COc1ccccc1CC(=O)c1ccccc1. The molecule has 0 saturated heterocycles. The third kappa shape index (κ3) is 7.25. The van der Waals surface area contributed by atoms with Crippen molar-refractivity contribution in [2.75, 3.05) is 20.3 Å². The fourth-order valence-electron chi connectivity index (χ4n) is 4.06. The van der Waals surface area contributed by atoms with Crippen LogP contribution >= 0.6 is 0 Å². The molecule has 38 heavy (non-hydrogen) atoms. The molecule has 4 aromatic carbocycles. The normalized spacial score (nSPS) is 10.7. The highest BCUT2D eigenvalue weighted by Gasteiger charge is 2.42. The van der Waals surface area contributed by atoms with Crippen LogP contribution in [0.5, 0.6) is 5.75 Å². The number of carbonyl (C=O) groups is 2. The van der Waals surface area contributed by atoms with E-state index < -0.39 is 5.79 Å². The molecule has 196 valence electrons. The van der Waals surface area contributed by atoms with Gasteiger partial charge in [0.05, 0.1) is 7.11 Å². The van der Waals surface area contributed by atoms with Crippen LogP contribution in [-0.4, -0.2) is 31.9 Å². The molecular formula is C33H34O5. The number of ketones is 2. The molecule has 0 bridgehead atoms. The lowest BCUT2D eigenvalue weighted by Gasteiger charge is -2.32. The van der Waals surface area contributed by atoms with E-state index in [9.17, 15) is 9.59 Å². The van der Waals surface area contributed by atoms with E-state index in [4.69, 9.17) is 14.2 Å². The van der Waals surface area contributed by atoms with Crippen LogP contribution in [0.1, 0.15) is 45.7 Å². The fraction of sp³-hybridized carbons (Fsp3) is 0.212. The number of rotatable bonds is 11. The topological polar surface area (TPSA) is 61.8 Å². The van der Waals surface area contributed by atoms with Crippen LogP contribution in [0.4, 0.5) is 0 Å². The van der Waals surface area contributed by atoms with Gasteiger partial charge in [-0.25, -0.2) is 0 Å². The number of methoxy groups -OCH3 is 1. The second-order valence-electron chi connectivity index (χ2n) is 8.32. The quantitative estimate of drug-likeness (QED) is 0.162. The van der Waals surface area contributed by atoms with Gasteiger partial charge in [0.15, 0.2) is 5.78 Å². The smallest absolute Gasteiger partial charge is 0.261 e. The summed E-state index contributed by atoms with van der Waals surface area (Å²) in [7, 11) is 1.62. The first-order valence-corrected chi connectivity index (χ1v) is 12.7. The van der Waals surface area contributed by atoms with Crippen molar-refractivity contribution in [3.63, 3.8) is 0 Å². The van der Waals surface area contributed by atoms with Crippen LogP contribution in [0.25, 0.3) is 0 Å². The molecule has 4 aromatic rings. The van der Waals surface area contributed by atoms with Gasteiger partial charge in [-0.3, -0.25) is 9.59 Å². The highest BCUT2D eigenvalue weighted by Crippen LogP contribution is 2.31. The van der Waals surface area contributed by atoms with Crippen LogP contribution in [0.2, 0.25) is 0 Å². The molecule has 0 fully saturated rings. The molecule has 5 nitrogen and oxygen atoms in total. The zero-order valence-electron chi connectivity index (χ0n) is 22.1. The van der Waals surface area contributed by atoms with Crippen molar-refractivity contribution in [3.05, 3.63) is 138 Å². The highest BCUT2D eigenvalue weighted by atomic mass is 16.7. The van der Waals surface area contributed by atoms with E-state index in [0.717, 1.165) is 16.9 Å². The van der Waals surface area contributed by atoms with Gasteiger partial charge >= 0.3 is 0 Å². The molecule has 0 heterocycles. The molecule has 0 spiro atoms. The predicted octanol–water partition coefficient (Wildman–Crippen LogP) is 6.92. The molecule has 0 unspecified atom stereocenters. The molecule has 4 rings (SSSR count). The van der Waals surface area contributed by atoms with Gasteiger partial charge in [-0.05, 0) is 19.9 Å². The number of carbonyl (C=O) groups excluding carboxylic acids is 2. The van der Waals surface area contributed by atoms with E-state index in [1.165, 1.54) is 0 Å². The van der Waals surface area contributed by atoms with Gasteiger partial charge in [-0.15, -0.1) is 0 Å². The van der Waals surface area contributed by atoms with Crippen LogP contribution in [0.15, 0.2) is 115 Å². The molecular weight excluding hydrogens is 476 g/mol. The van der Waals surface area contributed by atoms with Crippen molar-refractivity contribution in [2.45, 2.75) is 26.1 Å². The van der Waals surface area contributed by atoms with E-state index in [-0.39, 0.29) is 11.6 Å². The highest BCUT2D eigenvalue weighted by molar-refractivity contribution is 6.02. The van der Waals surface area contributed by atoms with Gasteiger partial charge in [0.2, 0.25) is 5.78 Å². The zero-order chi connectivity index (χ0) is 27.2. The van der Waals surface area contributed by atoms with Crippen LogP contribution in [-0.2, 0) is 21.7 Å². The predicted molar refractivity (Wildman–Crippen MR) is 150 cm³/mol. The summed E-state index contributed by atoms with van der Waals surface area (Å²) in [5.41, 5.74) is 2.94. The Morgan fingerprint density at radius 1 is 0.632 bits per heavy atom. The number of hydrogen-bond donors (Lipinski definition) is 0. The van der Waals surface area contributed by atoms with Crippen molar-refractivity contribution in [1.29, 1.82) is 0 Å². The number of hydrogen-bond acceptors (Lipinski definition) is 5. The van der Waals surface area contributed by atoms with Crippen LogP contribution < -0.4 is 4.74 Å². The lowest BCUT2D eigenvalue weighted by atomic mass is 9.95. The summed E-state index contributed by atoms with van der Waals surface area (Å²) >= 11 is 0. The molecule has 0 aliphatic rings. The second-order valence-corrected chi connectivity index (χ2v) is 8.32.